The Morgan fingerprint density at radius 1 is 1.11 bits per heavy atom. The number of hydrogen-bond donors (Lipinski definition) is 1. The highest BCUT2D eigenvalue weighted by Gasteiger charge is 2.09. The molecule has 0 aliphatic heterocycles. The van der Waals surface area contributed by atoms with Crippen molar-refractivity contribution in [1.29, 1.82) is 0 Å². The average molecular weight is 345 g/mol. The molecule has 0 saturated carbocycles. The van der Waals surface area contributed by atoms with E-state index >= 15 is 0 Å². The van der Waals surface area contributed by atoms with Gasteiger partial charge in [-0.05, 0) is 46.3 Å². The van der Waals surface area contributed by atoms with Crippen molar-refractivity contribution in [3.05, 3.63) is 62.5 Å². The summed E-state index contributed by atoms with van der Waals surface area (Å²) in [4.78, 5) is 12.0. The monoisotopic (exact) mass is 343 g/mol. The summed E-state index contributed by atoms with van der Waals surface area (Å²) in [6, 6.07) is 12.0. The van der Waals surface area contributed by atoms with E-state index in [2.05, 4.69) is 21.2 Å². The van der Waals surface area contributed by atoms with Crippen LogP contribution in [0.15, 0.2) is 46.9 Å². The second-order valence-electron chi connectivity index (χ2n) is 3.57. The minimum Gasteiger partial charge on any atom is -0.321 e. The Labute approximate surface area is 123 Å². The number of nitrogens with one attached hydrogen (secondary N) is 1. The molecule has 18 heavy (non-hydrogen) atoms. The number of amides is 1. The molecule has 0 saturated heterocycles. The lowest BCUT2D eigenvalue weighted by Gasteiger charge is -2.08. The number of hydrogen-bond acceptors (Lipinski definition) is 1. The van der Waals surface area contributed by atoms with Crippen LogP contribution in [-0.2, 0) is 0 Å². The van der Waals surface area contributed by atoms with Crippen molar-refractivity contribution in [1.82, 2.24) is 0 Å². The van der Waals surface area contributed by atoms with Crippen LogP contribution in [0.3, 0.4) is 0 Å². The first-order valence-corrected chi connectivity index (χ1v) is 6.64. The van der Waals surface area contributed by atoms with Crippen LogP contribution in [0, 0.1) is 0 Å². The number of carbonyl (C=O) groups is 1. The van der Waals surface area contributed by atoms with Gasteiger partial charge in [-0.1, -0.05) is 35.3 Å². The van der Waals surface area contributed by atoms with Crippen molar-refractivity contribution in [2.45, 2.75) is 0 Å². The van der Waals surface area contributed by atoms with Crippen LogP contribution in [0.2, 0.25) is 10.0 Å². The predicted molar refractivity (Wildman–Crippen MR) is 78.6 cm³/mol. The smallest absolute Gasteiger partial charge is 0.255 e. The quantitative estimate of drug-likeness (QED) is 0.815. The van der Waals surface area contributed by atoms with Gasteiger partial charge in [-0.3, -0.25) is 4.79 Å². The van der Waals surface area contributed by atoms with Crippen LogP contribution in [0.5, 0.6) is 0 Å². The molecule has 0 aromatic heterocycles. The van der Waals surface area contributed by atoms with Crippen LogP contribution < -0.4 is 5.32 Å². The third-order valence-electron chi connectivity index (χ3n) is 2.29. The molecule has 0 atom stereocenters. The maximum atomic E-state index is 12.0. The lowest BCUT2D eigenvalue weighted by Crippen LogP contribution is -2.12. The second-order valence-corrected chi connectivity index (χ2v) is 5.20. The first-order valence-electron chi connectivity index (χ1n) is 5.09. The van der Waals surface area contributed by atoms with Crippen molar-refractivity contribution < 1.29 is 4.79 Å². The van der Waals surface area contributed by atoms with Gasteiger partial charge in [0.2, 0.25) is 0 Å². The molecule has 1 amide bonds. The fourth-order valence-electron chi connectivity index (χ4n) is 1.42. The van der Waals surface area contributed by atoms with Gasteiger partial charge in [-0.15, -0.1) is 0 Å². The van der Waals surface area contributed by atoms with Gasteiger partial charge < -0.3 is 5.32 Å². The van der Waals surface area contributed by atoms with E-state index in [9.17, 15) is 4.79 Å². The molecular formula is C13H8BrCl2NO. The molecule has 92 valence electrons. The normalized spacial score (nSPS) is 10.2. The number of anilines is 1. The molecule has 2 aromatic carbocycles. The largest absolute Gasteiger partial charge is 0.321 e. The van der Waals surface area contributed by atoms with Crippen molar-refractivity contribution in [2.24, 2.45) is 0 Å². The van der Waals surface area contributed by atoms with E-state index in [4.69, 9.17) is 23.2 Å². The zero-order valence-corrected chi connectivity index (χ0v) is 12.2. The summed E-state index contributed by atoms with van der Waals surface area (Å²) in [6.07, 6.45) is 0. The first kappa shape index (κ1) is 13.4. The predicted octanol–water partition coefficient (Wildman–Crippen LogP) is 5.01. The summed E-state index contributed by atoms with van der Waals surface area (Å²) in [5.74, 6) is -0.236. The minimum absolute atomic E-state index is 0.236. The summed E-state index contributed by atoms with van der Waals surface area (Å²) >= 11 is 15.1. The Morgan fingerprint density at radius 2 is 1.83 bits per heavy atom. The number of benzene rings is 2. The molecular weight excluding hydrogens is 337 g/mol. The second kappa shape index (κ2) is 5.74. The third-order valence-corrected chi connectivity index (χ3v) is 3.92. The molecule has 0 bridgehead atoms. The van der Waals surface area contributed by atoms with E-state index in [0.717, 1.165) is 0 Å². The number of carbonyl (C=O) groups excluding carboxylic acids is 1. The van der Waals surface area contributed by atoms with E-state index in [0.29, 0.717) is 25.8 Å². The standard InChI is InChI=1S/C13H8BrCl2NO/c14-12-10(16)5-2-6-11(12)17-13(18)8-3-1-4-9(15)7-8/h1-7H,(H,17,18). The highest BCUT2D eigenvalue weighted by atomic mass is 79.9. The molecule has 1 N–H and O–H groups in total. The molecule has 0 spiro atoms. The van der Waals surface area contributed by atoms with Crippen LogP contribution in [0.1, 0.15) is 10.4 Å². The van der Waals surface area contributed by atoms with Gasteiger partial charge in [0, 0.05) is 10.6 Å². The molecule has 2 rings (SSSR count). The summed E-state index contributed by atoms with van der Waals surface area (Å²) in [5.41, 5.74) is 1.11. The fourth-order valence-corrected chi connectivity index (χ4v) is 2.15. The van der Waals surface area contributed by atoms with Crippen LogP contribution >= 0.6 is 39.1 Å². The van der Waals surface area contributed by atoms with Crippen molar-refractivity contribution >= 4 is 50.7 Å². The Hall–Kier alpha value is -1.03. The van der Waals surface area contributed by atoms with E-state index in [1.54, 1.807) is 42.5 Å². The Balaban J connectivity index is 2.24. The Morgan fingerprint density at radius 3 is 2.56 bits per heavy atom. The Bertz CT molecular complexity index is 601. The molecule has 0 aliphatic carbocycles. The van der Waals surface area contributed by atoms with Crippen LogP contribution in [0.4, 0.5) is 5.69 Å². The van der Waals surface area contributed by atoms with E-state index in [1.165, 1.54) is 0 Å². The van der Waals surface area contributed by atoms with Gasteiger partial charge in [-0.25, -0.2) is 0 Å². The highest BCUT2D eigenvalue weighted by Crippen LogP contribution is 2.30. The zero-order valence-electron chi connectivity index (χ0n) is 9.08. The first-order chi connectivity index (χ1) is 8.58. The lowest BCUT2D eigenvalue weighted by molar-refractivity contribution is 0.102. The lowest BCUT2D eigenvalue weighted by atomic mass is 10.2. The molecule has 0 heterocycles. The van der Waals surface area contributed by atoms with Crippen LogP contribution in [-0.4, -0.2) is 5.91 Å². The molecule has 5 heteroatoms. The SMILES string of the molecule is O=C(Nc1cccc(Cl)c1Br)c1cccc(Cl)c1. The van der Waals surface area contributed by atoms with E-state index in [1.807, 2.05) is 0 Å². The molecule has 0 unspecified atom stereocenters. The van der Waals surface area contributed by atoms with Gasteiger partial charge in [0.05, 0.1) is 15.2 Å². The van der Waals surface area contributed by atoms with Crippen molar-refractivity contribution in [3.8, 4) is 0 Å². The molecule has 0 aliphatic rings. The summed E-state index contributed by atoms with van der Waals surface area (Å²) in [7, 11) is 0. The van der Waals surface area contributed by atoms with Crippen LogP contribution in [0.25, 0.3) is 0 Å². The molecule has 0 radical (unpaired) electrons. The molecule has 2 aromatic rings. The zero-order chi connectivity index (χ0) is 13.1. The van der Waals surface area contributed by atoms with Gasteiger partial charge in [0.25, 0.3) is 5.91 Å². The maximum Gasteiger partial charge on any atom is 0.255 e. The third kappa shape index (κ3) is 3.05. The fraction of sp³-hybridized carbons (Fsp3) is 0. The minimum atomic E-state index is -0.236. The van der Waals surface area contributed by atoms with Gasteiger partial charge in [0.1, 0.15) is 0 Å². The Kier molecular flexibility index (Phi) is 4.27. The number of rotatable bonds is 2. The number of halogens is 3. The topological polar surface area (TPSA) is 29.1 Å². The summed E-state index contributed by atoms with van der Waals surface area (Å²) in [6.45, 7) is 0. The molecule has 0 fully saturated rings. The van der Waals surface area contributed by atoms with Crippen molar-refractivity contribution in [3.63, 3.8) is 0 Å². The van der Waals surface area contributed by atoms with Gasteiger partial charge in [-0.2, -0.15) is 0 Å². The summed E-state index contributed by atoms with van der Waals surface area (Å²) in [5, 5.41) is 3.83. The van der Waals surface area contributed by atoms with Gasteiger partial charge in [0.15, 0.2) is 0 Å². The van der Waals surface area contributed by atoms with Gasteiger partial charge >= 0.3 is 0 Å². The maximum absolute atomic E-state index is 12.0. The average Bonchev–Trinajstić information content (AvgIpc) is 2.35. The van der Waals surface area contributed by atoms with E-state index < -0.39 is 0 Å². The van der Waals surface area contributed by atoms with E-state index in [-0.39, 0.29) is 5.91 Å². The summed E-state index contributed by atoms with van der Waals surface area (Å²) < 4.78 is 0.655. The molecule has 2 nitrogen and oxygen atoms in total. The van der Waals surface area contributed by atoms with Crippen molar-refractivity contribution in [2.75, 3.05) is 5.32 Å². The highest BCUT2D eigenvalue weighted by molar-refractivity contribution is 9.10.